The molecule has 0 aliphatic rings. The zero-order chi connectivity index (χ0) is 11.4. The molecule has 0 saturated heterocycles. The Kier molecular flexibility index (Phi) is 3.43. The number of rotatable bonds is 3. The molecular weight excluding hydrogens is 208 g/mol. The fourth-order valence-corrected chi connectivity index (χ4v) is 0.977. The van der Waals surface area contributed by atoms with Crippen LogP contribution in [0.4, 0.5) is 8.78 Å². The maximum Gasteiger partial charge on any atom is 0.255 e. The van der Waals surface area contributed by atoms with Crippen LogP contribution < -0.4 is 5.32 Å². The topological polar surface area (TPSA) is 69.6 Å². The van der Waals surface area contributed by atoms with Gasteiger partial charge in [0.2, 0.25) is 0 Å². The Morgan fingerprint density at radius 2 is 2.07 bits per heavy atom. The van der Waals surface area contributed by atoms with Crippen molar-refractivity contribution in [3.8, 4) is 11.5 Å². The first-order chi connectivity index (χ1) is 7.00. The van der Waals surface area contributed by atoms with Gasteiger partial charge in [0.15, 0.2) is 0 Å². The van der Waals surface area contributed by atoms with Gasteiger partial charge in [0.25, 0.3) is 12.3 Å². The van der Waals surface area contributed by atoms with Crippen LogP contribution in [0, 0.1) is 0 Å². The van der Waals surface area contributed by atoms with Gasteiger partial charge in [0.1, 0.15) is 11.5 Å². The summed E-state index contributed by atoms with van der Waals surface area (Å²) in [7, 11) is 0. The van der Waals surface area contributed by atoms with Crippen LogP contribution in [0.1, 0.15) is 10.4 Å². The molecule has 0 fully saturated rings. The van der Waals surface area contributed by atoms with Crippen LogP contribution in [0.15, 0.2) is 18.2 Å². The third-order valence-electron chi connectivity index (χ3n) is 1.64. The summed E-state index contributed by atoms with van der Waals surface area (Å²) < 4.78 is 23.5. The molecule has 0 heterocycles. The summed E-state index contributed by atoms with van der Waals surface area (Å²) in [6.07, 6.45) is -2.65. The largest absolute Gasteiger partial charge is 0.508 e. The highest BCUT2D eigenvalue weighted by Crippen LogP contribution is 2.22. The molecule has 82 valence electrons. The highest BCUT2D eigenvalue weighted by molar-refractivity contribution is 5.96. The second kappa shape index (κ2) is 4.59. The lowest BCUT2D eigenvalue weighted by Crippen LogP contribution is -2.28. The Labute approximate surface area is 84.2 Å². The minimum absolute atomic E-state index is 0.159. The van der Waals surface area contributed by atoms with E-state index >= 15 is 0 Å². The SMILES string of the molecule is O=C(NCC(F)F)c1ccc(O)cc1O. The molecule has 1 aromatic carbocycles. The standard InChI is InChI=1S/C9H9F2NO3/c10-8(11)4-12-9(15)6-2-1-5(13)3-7(6)14/h1-3,8,13-14H,4H2,(H,12,15). The van der Waals surface area contributed by atoms with E-state index < -0.39 is 24.6 Å². The molecular formula is C9H9F2NO3. The second-order valence-corrected chi connectivity index (χ2v) is 2.80. The molecule has 1 rings (SSSR count). The van der Waals surface area contributed by atoms with Crippen molar-refractivity contribution in [2.75, 3.05) is 6.54 Å². The average Bonchev–Trinajstić information content (AvgIpc) is 2.14. The van der Waals surface area contributed by atoms with Gasteiger partial charge in [0.05, 0.1) is 12.1 Å². The molecule has 1 aromatic rings. The Hall–Kier alpha value is -1.85. The van der Waals surface area contributed by atoms with Crippen molar-refractivity contribution in [2.45, 2.75) is 6.43 Å². The number of aromatic hydroxyl groups is 2. The fraction of sp³-hybridized carbons (Fsp3) is 0.222. The van der Waals surface area contributed by atoms with Gasteiger partial charge in [-0.15, -0.1) is 0 Å². The van der Waals surface area contributed by atoms with Crippen LogP contribution in [0.3, 0.4) is 0 Å². The third kappa shape index (κ3) is 3.08. The fourth-order valence-electron chi connectivity index (χ4n) is 0.977. The van der Waals surface area contributed by atoms with Crippen LogP contribution in [-0.4, -0.2) is 29.1 Å². The molecule has 0 saturated carbocycles. The van der Waals surface area contributed by atoms with Crippen LogP contribution in [0.25, 0.3) is 0 Å². The van der Waals surface area contributed by atoms with Crippen LogP contribution >= 0.6 is 0 Å². The van der Waals surface area contributed by atoms with E-state index in [1.54, 1.807) is 0 Å². The van der Waals surface area contributed by atoms with E-state index in [0.717, 1.165) is 12.1 Å². The molecule has 0 aliphatic heterocycles. The smallest absolute Gasteiger partial charge is 0.255 e. The van der Waals surface area contributed by atoms with Gasteiger partial charge in [-0.25, -0.2) is 8.78 Å². The molecule has 0 unspecified atom stereocenters. The highest BCUT2D eigenvalue weighted by Gasteiger charge is 2.12. The number of carbonyl (C=O) groups excluding carboxylic acids is 1. The predicted octanol–water partition coefficient (Wildman–Crippen LogP) is 1.09. The lowest BCUT2D eigenvalue weighted by molar-refractivity contribution is 0.0889. The molecule has 0 spiro atoms. The van der Waals surface area contributed by atoms with Crippen molar-refractivity contribution in [2.24, 2.45) is 0 Å². The number of nitrogens with one attached hydrogen (secondary N) is 1. The molecule has 6 heteroatoms. The van der Waals surface area contributed by atoms with Gasteiger partial charge in [-0.2, -0.15) is 0 Å². The highest BCUT2D eigenvalue weighted by atomic mass is 19.3. The van der Waals surface area contributed by atoms with Crippen molar-refractivity contribution in [1.29, 1.82) is 0 Å². The Morgan fingerprint density at radius 3 is 2.60 bits per heavy atom. The maximum atomic E-state index is 11.8. The summed E-state index contributed by atoms with van der Waals surface area (Å²) in [5.74, 6) is -1.48. The molecule has 0 radical (unpaired) electrons. The van der Waals surface area contributed by atoms with E-state index in [1.165, 1.54) is 6.07 Å². The van der Waals surface area contributed by atoms with Crippen molar-refractivity contribution >= 4 is 5.91 Å². The number of phenols is 2. The van der Waals surface area contributed by atoms with Crippen LogP contribution in [0.5, 0.6) is 11.5 Å². The minimum atomic E-state index is -2.65. The molecule has 3 N–H and O–H groups in total. The molecule has 4 nitrogen and oxygen atoms in total. The molecule has 1 amide bonds. The van der Waals surface area contributed by atoms with Gasteiger partial charge >= 0.3 is 0 Å². The molecule has 0 aromatic heterocycles. The normalized spacial score (nSPS) is 10.3. The quantitative estimate of drug-likeness (QED) is 0.709. The summed E-state index contributed by atoms with van der Waals surface area (Å²) >= 11 is 0. The van der Waals surface area contributed by atoms with Gasteiger partial charge in [-0.05, 0) is 12.1 Å². The van der Waals surface area contributed by atoms with E-state index in [0.29, 0.717) is 0 Å². The van der Waals surface area contributed by atoms with Crippen molar-refractivity contribution in [1.82, 2.24) is 5.32 Å². The zero-order valence-electron chi connectivity index (χ0n) is 7.58. The Bertz CT molecular complexity index is 368. The van der Waals surface area contributed by atoms with E-state index in [1.807, 2.05) is 5.32 Å². The lowest BCUT2D eigenvalue weighted by atomic mass is 10.2. The number of hydrogen-bond donors (Lipinski definition) is 3. The summed E-state index contributed by atoms with van der Waals surface area (Å²) in [6.45, 7) is -0.779. The lowest BCUT2D eigenvalue weighted by Gasteiger charge is -2.06. The third-order valence-corrected chi connectivity index (χ3v) is 1.64. The average molecular weight is 217 g/mol. The van der Waals surface area contributed by atoms with E-state index in [-0.39, 0.29) is 11.3 Å². The van der Waals surface area contributed by atoms with E-state index in [9.17, 15) is 18.7 Å². The van der Waals surface area contributed by atoms with Gasteiger partial charge in [-0.1, -0.05) is 0 Å². The van der Waals surface area contributed by atoms with Crippen molar-refractivity contribution in [3.63, 3.8) is 0 Å². The molecule has 0 bridgehead atoms. The first kappa shape index (κ1) is 11.2. The van der Waals surface area contributed by atoms with Gasteiger partial charge in [-0.3, -0.25) is 4.79 Å². The number of carbonyl (C=O) groups is 1. The monoisotopic (exact) mass is 217 g/mol. The summed E-state index contributed by atoms with van der Waals surface area (Å²) in [5, 5.41) is 20.1. The molecule has 0 aliphatic carbocycles. The first-order valence-electron chi connectivity index (χ1n) is 4.09. The maximum absolute atomic E-state index is 11.8. The van der Waals surface area contributed by atoms with Crippen molar-refractivity contribution in [3.05, 3.63) is 23.8 Å². The van der Waals surface area contributed by atoms with Crippen LogP contribution in [0.2, 0.25) is 0 Å². The summed E-state index contributed by atoms with van der Waals surface area (Å²) in [5.41, 5.74) is -0.159. The first-order valence-corrected chi connectivity index (χ1v) is 4.09. The molecule has 0 atom stereocenters. The van der Waals surface area contributed by atoms with Crippen LogP contribution in [-0.2, 0) is 0 Å². The second-order valence-electron chi connectivity index (χ2n) is 2.80. The number of phenolic OH excluding ortho intramolecular Hbond substituents is 2. The summed E-state index contributed by atoms with van der Waals surface area (Å²) in [4.78, 5) is 11.2. The number of benzene rings is 1. The summed E-state index contributed by atoms with van der Waals surface area (Å²) in [6, 6.07) is 3.28. The van der Waals surface area contributed by atoms with Gasteiger partial charge < -0.3 is 15.5 Å². The minimum Gasteiger partial charge on any atom is -0.508 e. The van der Waals surface area contributed by atoms with Gasteiger partial charge in [0, 0.05) is 6.07 Å². The number of amides is 1. The van der Waals surface area contributed by atoms with Crippen molar-refractivity contribution < 1.29 is 23.8 Å². The Balaban J connectivity index is 2.74. The zero-order valence-corrected chi connectivity index (χ0v) is 7.58. The number of hydrogen-bond acceptors (Lipinski definition) is 3. The Morgan fingerprint density at radius 1 is 1.40 bits per heavy atom. The van der Waals surface area contributed by atoms with E-state index in [2.05, 4.69) is 0 Å². The molecule has 15 heavy (non-hydrogen) atoms. The predicted molar refractivity (Wildman–Crippen MR) is 48.1 cm³/mol. The number of halogens is 2. The van der Waals surface area contributed by atoms with E-state index in [4.69, 9.17) is 5.11 Å². The number of alkyl halides is 2.